The predicted octanol–water partition coefficient (Wildman–Crippen LogP) is -0.611. The molecule has 1 atom stereocenters. The molecule has 2 N–H and O–H groups in total. The number of phosphoric ester groups is 1. The van der Waals surface area contributed by atoms with Crippen LogP contribution in [0.4, 0.5) is 0 Å². The Morgan fingerprint density at radius 3 is 2.14 bits per heavy atom. The zero-order valence-corrected chi connectivity index (χ0v) is 10.0. The predicted molar refractivity (Wildman–Crippen MR) is 51.7 cm³/mol. The number of phosphoric acid groups is 1. The molecular weight excluding hydrogens is 209 g/mol. The first kappa shape index (κ1) is 16.5. The minimum Gasteiger partial charge on any atom is -0.756 e. The standard InChI is InChI=1S/C7H18NO4P.H2O/c1-5-11-13(9,10)12-7-6-8(2,3)4;/h5-7H2,1-4H3;1H2. The Balaban J connectivity index is 0. The van der Waals surface area contributed by atoms with E-state index in [0.717, 1.165) is 0 Å². The van der Waals surface area contributed by atoms with Gasteiger partial charge in [-0.3, -0.25) is 4.57 Å². The average molecular weight is 229 g/mol. The van der Waals surface area contributed by atoms with Gasteiger partial charge in [0.1, 0.15) is 13.2 Å². The van der Waals surface area contributed by atoms with Crippen molar-refractivity contribution in [1.82, 2.24) is 0 Å². The van der Waals surface area contributed by atoms with Crippen molar-refractivity contribution in [2.24, 2.45) is 0 Å². The maximum absolute atomic E-state index is 10.9. The maximum Gasteiger partial charge on any atom is 0.268 e. The molecule has 0 bridgehead atoms. The van der Waals surface area contributed by atoms with Gasteiger partial charge in [0.2, 0.25) is 0 Å². The summed E-state index contributed by atoms with van der Waals surface area (Å²) in [4.78, 5) is 10.9. The Bertz CT molecular complexity index is 191. The Morgan fingerprint density at radius 1 is 1.29 bits per heavy atom. The highest BCUT2D eigenvalue weighted by Crippen LogP contribution is 2.37. The monoisotopic (exact) mass is 229 g/mol. The molecule has 0 fully saturated rings. The SMILES string of the molecule is CCOP(=O)([O-])OCC[N+](C)(C)C.O. The smallest absolute Gasteiger partial charge is 0.268 e. The summed E-state index contributed by atoms with van der Waals surface area (Å²) >= 11 is 0. The van der Waals surface area contributed by atoms with Crippen molar-refractivity contribution >= 4 is 7.82 Å². The Hall–Kier alpha value is 0.0300. The normalized spacial score (nSPS) is 15.8. The number of rotatable bonds is 6. The first-order chi connectivity index (χ1) is 5.77. The molecule has 0 aromatic carbocycles. The largest absolute Gasteiger partial charge is 0.756 e. The molecule has 0 amide bonds. The molecule has 88 valence electrons. The van der Waals surface area contributed by atoms with Crippen LogP contribution in [0, 0.1) is 0 Å². The number of nitrogens with zero attached hydrogens (tertiary/aromatic N) is 1. The second kappa shape index (κ2) is 6.50. The van der Waals surface area contributed by atoms with Crippen LogP contribution in [0.25, 0.3) is 0 Å². The molecule has 0 aliphatic carbocycles. The summed E-state index contributed by atoms with van der Waals surface area (Å²) in [5.74, 6) is 0. The van der Waals surface area contributed by atoms with E-state index < -0.39 is 7.82 Å². The number of quaternary nitrogens is 1. The molecule has 14 heavy (non-hydrogen) atoms. The van der Waals surface area contributed by atoms with Gasteiger partial charge in [-0.25, -0.2) is 0 Å². The summed E-state index contributed by atoms with van der Waals surface area (Å²) in [5, 5.41) is 0. The summed E-state index contributed by atoms with van der Waals surface area (Å²) in [6.07, 6.45) is 0. The van der Waals surface area contributed by atoms with Gasteiger partial charge < -0.3 is 23.9 Å². The average Bonchev–Trinajstić information content (AvgIpc) is 1.82. The third kappa shape index (κ3) is 10.1. The zero-order chi connectivity index (χ0) is 10.5. The van der Waals surface area contributed by atoms with Crippen LogP contribution < -0.4 is 4.89 Å². The molecule has 0 saturated heterocycles. The van der Waals surface area contributed by atoms with Crippen LogP contribution in [-0.4, -0.2) is 50.9 Å². The second-order valence-electron chi connectivity index (χ2n) is 3.71. The van der Waals surface area contributed by atoms with Gasteiger partial charge >= 0.3 is 0 Å². The van der Waals surface area contributed by atoms with E-state index in [1.807, 2.05) is 21.1 Å². The van der Waals surface area contributed by atoms with Gasteiger partial charge in [-0.15, -0.1) is 0 Å². The molecule has 0 rings (SSSR count). The van der Waals surface area contributed by atoms with E-state index >= 15 is 0 Å². The van der Waals surface area contributed by atoms with Crippen molar-refractivity contribution in [2.45, 2.75) is 6.92 Å². The number of hydrogen-bond acceptors (Lipinski definition) is 4. The van der Waals surface area contributed by atoms with E-state index in [4.69, 9.17) is 0 Å². The van der Waals surface area contributed by atoms with Gasteiger partial charge in [0.15, 0.2) is 0 Å². The van der Waals surface area contributed by atoms with Crippen LogP contribution in [0.15, 0.2) is 0 Å². The van der Waals surface area contributed by atoms with Crippen molar-refractivity contribution in [1.29, 1.82) is 0 Å². The van der Waals surface area contributed by atoms with Crippen LogP contribution in [0.2, 0.25) is 0 Å². The van der Waals surface area contributed by atoms with Gasteiger partial charge in [-0.05, 0) is 6.92 Å². The van der Waals surface area contributed by atoms with Crippen molar-refractivity contribution in [3.8, 4) is 0 Å². The third-order valence-corrected chi connectivity index (χ3v) is 2.37. The van der Waals surface area contributed by atoms with E-state index in [0.29, 0.717) is 11.0 Å². The van der Waals surface area contributed by atoms with E-state index in [1.54, 1.807) is 6.92 Å². The lowest BCUT2D eigenvalue weighted by Gasteiger charge is -2.26. The van der Waals surface area contributed by atoms with Gasteiger partial charge in [0, 0.05) is 0 Å². The molecule has 0 aromatic heterocycles. The Morgan fingerprint density at radius 2 is 1.79 bits per heavy atom. The Labute approximate surface area is 85.0 Å². The summed E-state index contributed by atoms with van der Waals surface area (Å²) in [7, 11) is 1.84. The van der Waals surface area contributed by atoms with Crippen LogP contribution in [0.3, 0.4) is 0 Å². The molecule has 0 radical (unpaired) electrons. The molecule has 0 spiro atoms. The molecule has 0 heterocycles. The van der Waals surface area contributed by atoms with Crippen molar-refractivity contribution in [3.63, 3.8) is 0 Å². The summed E-state index contributed by atoms with van der Waals surface area (Å²) in [5.41, 5.74) is 0. The minimum absolute atomic E-state index is 0. The minimum atomic E-state index is -4.04. The fraction of sp³-hybridized carbons (Fsp3) is 1.00. The van der Waals surface area contributed by atoms with E-state index in [2.05, 4.69) is 9.05 Å². The molecule has 0 saturated carbocycles. The topological polar surface area (TPSA) is 90.1 Å². The van der Waals surface area contributed by atoms with Crippen molar-refractivity contribution in [2.75, 3.05) is 40.9 Å². The summed E-state index contributed by atoms with van der Waals surface area (Å²) in [6.45, 7) is 2.50. The maximum atomic E-state index is 10.9. The molecular formula is C7H20NO5P. The first-order valence-electron chi connectivity index (χ1n) is 4.17. The van der Waals surface area contributed by atoms with Crippen LogP contribution in [0.5, 0.6) is 0 Å². The highest BCUT2D eigenvalue weighted by Gasteiger charge is 2.11. The zero-order valence-electron chi connectivity index (χ0n) is 9.15. The first-order valence-corrected chi connectivity index (χ1v) is 5.63. The van der Waals surface area contributed by atoms with E-state index in [1.165, 1.54) is 0 Å². The van der Waals surface area contributed by atoms with Crippen molar-refractivity contribution < 1.29 is 28.5 Å². The van der Waals surface area contributed by atoms with E-state index in [-0.39, 0.29) is 18.7 Å². The lowest BCUT2D eigenvalue weighted by molar-refractivity contribution is -0.870. The molecule has 0 aromatic rings. The second-order valence-corrected chi connectivity index (χ2v) is 5.12. The highest BCUT2D eigenvalue weighted by atomic mass is 31.2. The van der Waals surface area contributed by atoms with Gasteiger partial charge in [-0.2, -0.15) is 0 Å². The number of hydrogen-bond donors (Lipinski definition) is 0. The quantitative estimate of drug-likeness (QED) is 0.448. The van der Waals surface area contributed by atoms with Gasteiger partial charge in [-0.1, -0.05) is 0 Å². The lowest BCUT2D eigenvalue weighted by Crippen LogP contribution is -2.37. The van der Waals surface area contributed by atoms with Crippen LogP contribution in [0.1, 0.15) is 6.92 Å². The molecule has 0 aliphatic rings. The Kier molecular flexibility index (Phi) is 7.64. The lowest BCUT2D eigenvalue weighted by atomic mass is 10.5. The van der Waals surface area contributed by atoms with E-state index in [9.17, 15) is 9.46 Å². The van der Waals surface area contributed by atoms with Crippen LogP contribution >= 0.6 is 7.82 Å². The summed E-state index contributed by atoms with van der Waals surface area (Å²) < 4.78 is 20.6. The highest BCUT2D eigenvalue weighted by molar-refractivity contribution is 7.45. The molecule has 1 unspecified atom stereocenters. The summed E-state index contributed by atoms with van der Waals surface area (Å²) in [6, 6.07) is 0. The van der Waals surface area contributed by atoms with Gasteiger partial charge in [0.05, 0.1) is 27.7 Å². The molecule has 0 aliphatic heterocycles. The molecule has 6 nitrogen and oxygen atoms in total. The molecule has 7 heteroatoms. The fourth-order valence-corrected chi connectivity index (χ4v) is 1.32. The fourth-order valence-electron chi connectivity index (χ4n) is 0.622. The van der Waals surface area contributed by atoms with Gasteiger partial charge in [0.25, 0.3) is 7.82 Å². The third-order valence-electron chi connectivity index (χ3n) is 1.30. The van der Waals surface area contributed by atoms with Crippen molar-refractivity contribution in [3.05, 3.63) is 0 Å². The van der Waals surface area contributed by atoms with Crippen LogP contribution in [-0.2, 0) is 13.6 Å². The number of likely N-dealkylation sites (N-methyl/N-ethyl adjacent to an activating group) is 1.